The Morgan fingerprint density at radius 3 is 2.83 bits per heavy atom. The molecule has 0 aromatic heterocycles. The molecule has 1 aliphatic heterocycles. The van der Waals surface area contributed by atoms with Crippen molar-refractivity contribution in [3.05, 3.63) is 63.7 Å². The van der Waals surface area contributed by atoms with E-state index in [0.29, 0.717) is 6.61 Å². The summed E-state index contributed by atoms with van der Waals surface area (Å²) in [6, 6.07) is 12.3. The first kappa shape index (κ1) is 17.0. The van der Waals surface area contributed by atoms with Crippen LogP contribution >= 0.6 is 11.6 Å². The molecule has 2 aromatic carbocycles. The van der Waals surface area contributed by atoms with Gasteiger partial charge in [-0.1, -0.05) is 35.9 Å². The van der Waals surface area contributed by atoms with Gasteiger partial charge in [0.25, 0.3) is 0 Å². The van der Waals surface area contributed by atoms with Gasteiger partial charge in [-0.3, -0.25) is 0 Å². The van der Waals surface area contributed by atoms with Gasteiger partial charge in [-0.2, -0.15) is 0 Å². The van der Waals surface area contributed by atoms with Crippen molar-refractivity contribution >= 4 is 23.6 Å². The molecule has 3 nitrogen and oxygen atoms in total. The first-order valence-electron chi connectivity index (χ1n) is 8.34. The number of fused-ring (bicyclic) bond motifs is 1. The van der Waals surface area contributed by atoms with E-state index in [9.17, 15) is 0 Å². The van der Waals surface area contributed by atoms with E-state index in [4.69, 9.17) is 16.3 Å². The van der Waals surface area contributed by atoms with Gasteiger partial charge in [-0.25, -0.2) is 4.99 Å². The van der Waals surface area contributed by atoms with Gasteiger partial charge >= 0.3 is 0 Å². The zero-order valence-electron chi connectivity index (χ0n) is 14.4. The van der Waals surface area contributed by atoms with Crippen molar-refractivity contribution in [3.8, 4) is 0 Å². The maximum Gasteiger partial charge on any atom is 0.109 e. The molecule has 1 unspecified atom stereocenters. The van der Waals surface area contributed by atoms with Gasteiger partial charge in [-0.05, 0) is 49.1 Å². The van der Waals surface area contributed by atoms with Crippen molar-refractivity contribution in [2.24, 2.45) is 4.99 Å². The van der Waals surface area contributed by atoms with Crippen LogP contribution < -0.4 is 0 Å². The number of halogens is 1. The Balaban J connectivity index is 1.99. The lowest BCUT2D eigenvalue weighted by molar-refractivity contribution is 0.0699. The van der Waals surface area contributed by atoms with Gasteiger partial charge in [-0.15, -0.1) is 0 Å². The molecule has 24 heavy (non-hydrogen) atoms. The summed E-state index contributed by atoms with van der Waals surface area (Å²) >= 11 is 6.39. The minimum absolute atomic E-state index is 0.0995. The quantitative estimate of drug-likeness (QED) is 0.581. The van der Waals surface area contributed by atoms with Gasteiger partial charge in [0.2, 0.25) is 0 Å². The second kappa shape index (κ2) is 7.37. The summed E-state index contributed by atoms with van der Waals surface area (Å²) < 4.78 is 6.05. The first-order chi connectivity index (χ1) is 11.6. The molecule has 0 amide bonds. The third-order valence-corrected chi connectivity index (χ3v) is 4.82. The lowest BCUT2D eigenvalue weighted by atomic mass is 9.91. The second-order valence-electron chi connectivity index (χ2n) is 6.18. The smallest absolute Gasteiger partial charge is 0.109 e. The van der Waals surface area contributed by atoms with Crippen LogP contribution in [0.25, 0.3) is 0 Å². The minimum atomic E-state index is -0.0995. The number of benzene rings is 2. The number of hydrogen-bond acceptors (Lipinski definition) is 2. The van der Waals surface area contributed by atoms with Crippen molar-refractivity contribution in [2.75, 3.05) is 20.2 Å². The molecule has 1 atom stereocenters. The largest absolute Gasteiger partial charge is 0.368 e. The molecule has 1 heterocycles. The Kier molecular flexibility index (Phi) is 5.22. The number of rotatable bonds is 4. The summed E-state index contributed by atoms with van der Waals surface area (Å²) in [5, 5.41) is 0.750. The summed E-state index contributed by atoms with van der Waals surface area (Å²) in [6.45, 7) is 5.84. The molecular weight excluding hydrogens is 320 g/mol. The SMILES string of the molecule is CCN(C)/C=N/c1cc2c(cc1C)C(c1ccccc1Cl)OCC2. The maximum atomic E-state index is 6.39. The summed E-state index contributed by atoms with van der Waals surface area (Å²) in [6.07, 6.45) is 2.69. The Bertz CT molecular complexity index is 757. The molecule has 3 rings (SSSR count). The highest BCUT2D eigenvalue weighted by Gasteiger charge is 2.25. The lowest BCUT2D eigenvalue weighted by Crippen LogP contribution is -2.18. The van der Waals surface area contributed by atoms with Gasteiger partial charge in [0.15, 0.2) is 0 Å². The third-order valence-electron chi connectivity index (χ3n) is 4.48. The number of aryl methyl sites for hydroxylation is 1. The minimum Gasteiger partial charge on any atom is -0.368 e. The second-order valence-corrected chi connectivity index (χ2v) is 6.58. The molecular formula is C20H23ClN2O. The number of hydrogen-bond donors (Lipinski definition) is 0. The standard InChI is InChI=1S/C20H23ClN2O/c1-4-23(3)13-22-19-12-15-9-10-24-20(17(15)11-14(19)2)16-7-5-6-8-18(16)21/h5-8,11-13,20H,4,9-10H2,1-3H3/b22-13+. The molecule has 2 aromatic rings. The monoisotopic (exact) mass is 342 g/mol. The Morgan fingerprint density at radius 2 is 2.08 bits per heavy atom. The van der Waals surface area contributed by atoms with Crippen LogP contribution in [-0.2, 0) is 11.2 Å². The Morgan fingerprint density at radius 1 is 1.29 bits per heavy atom. The predicted octanol–water partition coefficient (Wildman–Crippen LogP) is 4.92. The fourth-order valence-electron chi connectivity index (χ4n) is 2.93. The highest BCUT2D eigenvalue weighted by atomic mass is 35.5. The van der Waals surface area contributed by atoms with Crippen LogP contribution in [0.1, 0.15) is 35.3 Å². The zero-order chi connectivity index (χ0) is 17.1. The molecule has 126 valence electrons. The molecule has 0 bridgehead atoms. The molecule has 0 spiro atoms. The zero-order valence-corrected chi connectivity index (χ0v) is 15.2. The van der Waals surface area contributed by atoms with E-state index in [-0.39, 0.29) is 6.10 Å². The molecule has 0 saturated carbocycles. The van der Waals surface area contributed by atoms with Gasteiger partial charge in [0.1, 0.15) is 6.10 Å². The van der Waals surface area contributed by atoms with E-state index in [1.165, 1.54) is 11.1 Å². The first-order valence-corrected chi connectivity index (χ1v) is 8.71. The number of aliphatic imine (C=N–C) groups is 1. The van der Waals surface area contributed by atoms with E-state index in [1.54, 1.807) is 0 Å². The Hall–Kier alpha value is -1.84. The van der Waals surface area contributed by atoms with Crippen molar-refractivity contribution < 1.29 is 4.74 Å². The summed E-state index contributed by atoms with van der Waals surface area (Å²) in [4.78, 5) is 6.70. The fraction of sp³-hybridized carbons (Fsp3) is 0.350. The van der Waals surface area contributed by atoms with Crippen LogP contribution in [-0.4, -0.2) is 31.4 Å². The van der Waals surface area contributed by atoms with E-state index in [1.807, 2.05) is 37.7 Å². The van der Waals surface area contributed by atoms with E-state index < -0.39 is 0 Å². The van der Waals surface area contributed by atoms with Crippen LogP contribution in [0.3, 0.4) is 0 Å². The number of nitrogens with zero attached hydrogens (tertiary/aromatic N) is 2. The highest BCUT2D eigenvalue weighted by Crippen LogP contribution is 2.38. The normalized spacial score (nSPS) is 17.1. The summed E-state index contributed by atoms with van der Waals surface area (Å²) in [5.74, 6) is 0. The van der Waals surface area contributed by atoms with Crippen LogP contribution in [0, 0.1) is 6.92 Å². The molecule has 0 fully saturated rings. The van der Waals surface area contributed by atoms with Crippen molar-refractivity contribution in [1.29, 1.82) is 0 Å². The van der Waals surface area contributed by atoms with E-state index >= 15 is 0 Å². The Labute approximate surface area is 148 Å². The molecule has 4 heteroatoms. The van der Waals surface area contributed by atoms with Gasteiger partial charge in [0, 0.05) is 24.2 Å². The van der Waals surface area contributed by atoms with Crippen LogP contribution in [0.5, 0.6) is 0 Å². The maximum absolute atomic E-state index is 6.39. The fourth-order valence-corrected chi connectivity index (χ4v) is 3.16. The van der Waals surface area contributed by atoms with Crippen LogP contribution in [0.4, 0.5) is 5.69 Å². The molecule has 0 saturated heterocycles. The van der Waals surface area contributed by atoms with E-state index in [2.05, 4.69) is 35.9 Å². The molecule has 0 aliphatic carbocycles. The number of ether oxygens (including phenoxy) is 1. The highest BCUT2D eigenvalue weighted by molar-refractivity contribution is 6.31. The van der Waals surface area contributed by atoms with Crippen LogP contribution in [0.15, 0.2) is 41.4 Å². The average Bonchev–Trinajstić information content (AvgIpc) is 2.59. The average molecular weight is 343 g/mol. The molecule has 0 N–H and O–H groups in total. The molecule has 1 aliphatic rings. The molecule has 0 radical (unpaired) electrons. The predicted molar refractivity (Wildman–Crippen MR) is 101 cm³/mol. The van der Waals surface area contributed by atoms with Crippen LogP contribution in [0.2, 0.25) is 5.02 Å². The van der Waals surface area contributed by atoms with Crippen molar-refractivity contribution in [2.45, 2.75) is 26.4 Å². The third kappa shape index (κ3) is 3.47. The van der Waals surface area contributed by atoms with Gasteiger partial charge < -0.3 is 9.64 Å². The topological polar surface area (TPSA) is 24.8 Å². The van der Waals surface area contributed by atoms with Crippen molar-refractivity contribution in [1.82, 2.24) is 4.90 Å². The van der Waals surface area contributed by atoms with Gasteiger partial charge in [0.05, 0.1) is 18.6 Å². The van der Waals surface area contributed by atoms with E-state index in [0.717, 1.165) is 34.8 Å². The summed E-state index contributed by atoms with van der Waals surface area (Å²) in [7, 11) is 2.03. The summed E-state index contributed by atoms with van der Waals surface area (Å²) in [5.41, 5.74) is 5.70. The lowest BCUT2D eigenvalue weighted by Gasteiger charge is -2.28. The van der Waals surface area contributed by atoms with Crippen molar-refractivity contribution in [3.63, 3.8) is 0 Å².